The fourth-order valence-corrected chi connectivity index (χ4v) is 1.26. The Bertz CT molecular complexity index is 180. The second-order valence-corrected chi connectivity index (χ2v) is 2.91. The third-order valence-corrected chi connectivity index (χ3v) is 2.15. The van der Waals surface area contributed by atoms with Gasteiger partial charge >= 0.3 is 5.97 Å². The Morgan fingerprint density at radius 2 is 2.50 bits per heavy atom. The van der Waals surface area contributed by atoms with Crippen LogP contribution in [0.5, 0.6) is 0 Å². The minimum atomic E-state index is -1.42. The van der Waals surface area contributed by atoms with E-state index in [2.05, 4.69) is 0 Å². The van der Waals surface area contributed by atoms with Gasteiger partial charge in [-0.2, -0.15) is 0 Å². The van der Waals surface area contributed by atoms with Crippen LogP contribution in [0.3, 0.4) is 0 Å². The van der Waals surface area contributed by atoms with E-state index in [1.165, 1.54) is 0 Å². The van der Waals surface area contributed by atoms with Gasteiger partial charge in [0, 0.05) is 6.42 Å². The first-order valence-corrected chi connectivity index (χ1v) is 4.12. The molecule has 0 bridgehead atoms. The molecule has 0 amide bonds. The summed E-state index contributed by atoms with van der Waals surface area (Å²) >= 11 is 0. The zero-order valence-corrected chi connectivity index (χ0v) is 7.37. The molecule has 1 N–H and O–H groups in total. The van der Waals surface area contributed by atoms with Gasteiger partial charge in [0.2, 0.25) is 0 Å². The first-order valence-electron chi connectivity index (χ1n) is 4.12. The highest BCUT2D eigenvalue weighted by Crippen LogP contribution is 2.26. The van der Waals surface area contributed by atoms with Gasteiger partial charge in [0.05, 0.1) is 19.3 Å². The van der Waals surface area contributed by atoms with Crippen LogP contribution in [0, 0.1) is 0 Å². The first kappa shape index (κ1) is 9.48. The highest BCUT2D eigenvalue weighted by Gasteiger charge is 2.47. The zero-order chi connectivity index (χ0) is 9.19. The summed E-state index contributed by atoms with van der Waals surface area (Å²) in [4.78, 5) is 11.2. The Kier molecular flexibility index (Phi) is 2.69. The van der Waals surface area contributed by atoms with E-state index in [9.17, 15) is 9.90 Å². The van der Waals surface area contributed by atoms with Gasteiger partial charge in [0.25, 0.3) is 0 Å². The monoisotopic (exact) mass is 174 g/mol. The fourth-order valence-electron chi connectivity index (χ4n) is 1.26. The standard InChI is InChI=1S/C8H14O4/c1-3-11-7(9)8(10)4-5-12-6(8)2/h6,10H,3-5H2,1-2H3. The van der Waals surface area contributed by atoms with Crippen molar-refractivity contribution < 1.29 is 19.4 Å². The Morgan fingerprint density at radius 3 is 2.92 bits per heavy atom. The molecule has 0 aromatic carbocycles. The Morgan fingerprint density at radius 1 is 1.83 bits per heavy atom. The van der Waals surface area contributed by atoms with Gasteiger partial charge in [-0.3, -0.25) is 0 Å². The van der Waals surface area contributed by atoms with Crippen LogP contribution >= 0.6 is 0 Å². The minimum Gasteiger partial charge on any atom is -0.464 e. The number of ether oxygens (including phenoxy) is 2. The lowest BCUT2D eigenvalue weighted by Crippen LogP contribution is -2.45. The van der Waals surface area contributed by atoms with Crippen molar-refractivity contribution in [2.45, 2.75) is 32.0 Å². The molecule has 0 aliphatic carbocycles. The molecule has 0 aromatic rings. The van der Waals surface area contributed by atoms with Crippen LogP contribution in [0.1, 0.15) is 20.3 Å². The molecule has 1 aliphatic rings. The average molecular weight is 174 g/mol. The van der Waals surface area contributed by atoms with Gasteiger partial charge in [0.15, 0.2) is 5.60 Å². The first-order chi connectivity index (χ1) is 5.61. The van der Waals surface area contributed by atoms with Gasteiger partial charge < -0.3 is 14.6 Å². The predicted octanol–water partition coefficient (Wildman–Crippen LogP) is 0.0894. The Labute approximate surface area is 71.5 Å². The van der Waals surface area contributed by atoms with E-state index in [-0.39, 0.29) is 6.61 Å². The number of hydrogen-bond acceptors (Lipinski definition) is 4. The van der Waals surface area contributed by atoms with Crippen LogP contribution in [0.4, 0.5) is 0 Å². The molecule has 1 fully saturated rings. The van der Waals surface area contributed by atoms with E-state index in [0.29, 0.717) is 13.0 Å². The third kappa shape index (κ3) is 1.44. The molecule has 4 nitrogen and oxygen atoms in total. The van der Waals surface area contributed by atoms with Crippen molar-refractivity contribution in [1.82, 2.24) is 0 Å². The van der Waals surface area contributed by atoms with Crippen molar-refractivity contribution in [2.24, 2.45) is 0 Å². The van der Waals surface area contributed by atoms with Gasteiger partial charge in [-0.05, 0) is 13.8 Å². The molecule has 1 saturated heterocycles. The third-order valence-electron chi connectivity index (χ3n) is 2.15. The van der Waals surface area contributed by atoms with E-state index in [1.54, 1.807) is 13.8 Å². The lowest BCUT2D eigenvalue weighted by molar-refractivity contribution is -0.169. The quantitative estimate of drug-likeness (QED) is 0.603. The van der Waals surface area contributed by atoms with Crippen LogP contribution in [-0.2, 0) is 14.3 Å². The number of aliphatic hydroxyl groups is 1. The smallest absolute Gasteiger partial charge is 0.340 e. The summed E-state index contributed by atoms with van der Waals surface area (Å²) in [6.07, 6.45) is -0.135. The molecule has 70 valence electrons. The zero-order valence-electron chi connectivity index (χ0n) is 7.37. The largest absolute Gasteiger partial charge is 0.464 e. The van der Waals surface area contributed by atoms with E-state index in [0.717, 1.165) is 0 Å². The summed E-state index contributed by atoms with van der Waals surface area (Å²) in [5.41, 5.74) is -1.42. The van der Waals surface area contributed by atoms with Gasteiger partial charge in [-0.25, -0.2) is 4.79 Å². The molecule has 2 unspecified atom stereocenters. The summed E-state index contributed by atoms with van der Waals surface area (Å²) < 4.78 is 9.82. The maximum absolute atomic E-state index is 11.2. The predicted molar refractivity (Wildman–Crippen MR) is 41.6 cm³/mol. The van der Waals surface area contributed by atoms with E-state index in [4.69, 9.17) is 9.47 Å². The van der Waals surface area contributed by atoms with Gasteiger partial charge in [-0.15, -0.1) is 0 Å². The van der Waals surface area contributed by atoms with Crippen molar-refractivity contribution in [1.29, 1.82) is 0 Å². The Balaban J connectivity index is 2.63. The SMILES string of the molecule is CCOC(=O)C1(O)CCOC1C. The van der Waals surface area contributed by atoms with Crippen LogP contribution in [0.2, 0.25) is 0 Å². The van der Waals surface area contributed by atoms with Crippen molar-refractivity contribution in [2.75, 3.05) is 13.2 Å². The van der Waals surface area contributed by atoms with Crippen molar-refractivity contribution >= 4 is 5.97 Å². The van der Waals surface area contributed by atoms with E-state index < -0.39 is 17.7 Å². The van der Waals surface area contributed by atoms with Gasteiger partial charge in [-0.1, -0.05) is 0 Å². The van der Waals surface area contributed by atoms with Crippen LogP contribution in [0.25, 0.3) is 0 Å². The summed E-state index contributed by atoms with van der Waals surface area (Å²) in [7, 11) is 0. The Hall–Kier alpha value is -0.610. The summed E-state index contributed by atoms with van der Waals surface area (Å²) in [6.45, 7) is 4.08. The van der Waals surface area contributed by atoms with Crippen molar-refractivity contribution in [3.63, 3.8) is 0 Å². The van der Waals surface area contributed by atoms with E-state index in [1.807, 2.05) is 0 Å². The maximum atomic E-state index is 11.2. The maximum Gasteiger partial charge on any atom is 0.340 e. The summed E-state index contributed by atoms with van der Waals surface area (Å²) in [5.74, 6) is -0.574. The van der Waals surface area contributed by atoms with Gasteiger partial charge in [0.1, 0.15) is 0 Å². The molecular weight excluding hydrogens is 160 g/mol. The van der Waals surface area contributed by atoms with Crippen LogP contribution in [-0.4, -0.2) is 36.0 Å². The highest BCUT2D eigenvalue weighted by atomic mass is 16.6. The molecule has 0 radical (unpaired) electrons. The second kappa shape index (κ2) is 3.41. The molecule has 12 heavy (non-hydrogen) atoms. The van der Waals surface area contributed by atoms with Crippen LogP contribution < -0.4 is 0 Å². The molecule has 1 aliphatic heterocycles. The topological polar surface area (TPSA) is 55.8 Å². The number of esters is 1. The number of carbonyl (C=O) groups is 1. The molecular formula is C8H14O4. The highest BCUT2D eigenvalue weighted by molar-refractivity contribution is 5.80. The molecule has 4 heteroatoms. The molecule has 1 heterocycles. The summed E-state index contributed by atoms with van der Waals surface area (Å²) in [6, 6.07) is 0. The minimum absolute atomic E-state index is 0.286. The lowest BCUT2D eigenvalue weighted by atomic mass is 9.97. The normalized spacial score (nSPS) is 35.1. The molecule has 0 aromatic heterocycles. The van der Waals surface area contributed by atoms with Crippen molar-refractivity contribution in [3.8, 4) is 0 Å². The van der Waals surface area contributed by atoms with Crippen LogP contribution in [0.15, 0.2) is 0 Å². The van der Waals surface area contributed by atoms with E-state index >= 15 is 0 Å². The molecule has 0 saturated carbocycles. The van der Waals surface area contributed by atoms with Crippen molar-refractivity contribution in [3.05, 3.63) is 0 Å². The average Bonchev–Trinajstić information content (AvgIpc) is 2.34. The number of carbonyl (C=O) groups excluding carboxylic acids is 1. The number of hydrogen-bond donors (Lipinski definition) is 1. The number of rotatable bonds is 2. The summed E-state index contributed by atoms with van der Waals surface area (Å²) in [5, 5.41) is 9.76. The fraction of sp³-hybridized carbons (Fsp3) is 0.875. The lowest BCUT2D eigenvalue weighted by Gasteiger charge is -2.22. The molecule has 0 spiro atoms. The second-order valence-electron chi connectivity index (χ2n) is 2.91. The molecule has 2 atom stereocenters. The molecule has 1 rings (SSSR count).